The summed E-state index contributed by atoms with van der Waals surface area (Å²) >= 11 is 0. The second-order valence-corrected chi connectivity index (χ2v) is 4.54. The summed E-state index contributed by atoms with van der Waals surface area (Å²) in [4.78, 5) is 11.8. The average molecular weight is 264 g/mol. The fourth-order valence-corrected chi connectivity index (χ4v) is 1.94. The van der Waals surface area contributed by atoms with Gasteiger partial charge in [0.15, 0.2) is 0 Å². The SMILES string of the molecule is COc1ccccc1CC(=O)NCCCCCCN. The van der Waals surface area contributed by atoms with Gasteiger partial charge in [0, 0.05) is 12.1 Å². The molecule has 0 spiro atoms. The van der Waals surface area contributed by atoms with Crippen LogP contribution in [0.2, 0.25) is 0 Å². The van der Waals surface area contributed by atoms with Crippen LogP contribution in [0.25, 0.3) is 0 Å². The second-order valence-electron chi connectivity index (χ2n) is 4.54. The van der Waals surface area contributed by atoms with Crippen molar-refractivity contribution in [3.05, 3.63) is 29.8 Å². The topological polar surface area (TPSA) is 64.3 Å². The molecule has 0 aliphatic heterocycles. The zero-order valence-electron chi connectivity index (χ0n) is 11.7. The molecular formula is C15H24N2O2. The summed E-state index contributed by atoms with van der Waals surface area (Å²) in [6.45, 7) is 1.48. The van der Waals surface area contributed by atoms with Crippen LogP contribution in [0.3, 0.4) is 0 Å². The summed E-state index contributed by atoms with van der Waals surface area (Å²) in [5.74, 6) is 0.809. The number of amides is 1. The third-order valence-corrected chi connectivity index (χ3v) is 3.00. The van der Waals surface area contributed by atoms with Gasteiger partial charge in [-0.15, -0.1) is 0 Å². The van der Waals surface area contributed by atoms with Crippen LogP contribution in [-0.2, 0) is 11.2 Å². The van der Waals surface area contributed by atoms with Crippen LogP contribution in [0.15, 0.2) is 24.3 Å². The predicted octanol–water partition coefficient (Wildman–Crippen LogP) is 1.87. The fourth-order valence-electron chi connectivity index (χ4n) is 1.94. The van der Waals surface area contributed by atoms with Crippen molar-refractivity contribution in [1.29, 1.82) is 0 Å². The molecule has 0 bridgehead atoms. The minimum atomic E-state index is 0.0447. The van der Waals surface area contributed by atoms with Crippen molar-refractivity contribution in [2.24, 2.45) is 5.73 Å². The molecule has 0 unspecified atom stereocenters. The van der Waals surface area contributed by atoms with Crippen molar-refractivity contribution in [3.8, 4) is 5.75 Å². The van der Waals surface area contributed by atoms with E-state index in [1.54, 1.807) is 7.11 Å². The first-order valence-electron chi connectivity index (χ1n) is 6.86. The van der Waals surface area contributed by atoms with Gasteiger partial charge in [-0.2, -0.15) is 0 Å². The number of benzene rings is 1. The van der Waals surface area contributed by atoms with Gasteiger partial charge < -0.3 is 15.8 Å². The number of unbranched alkanes of at least 4 members (excludes halogenated alkanes) is 3. The summed E-state index contributed by atoms with van der Waals surface area (Å²) in [7, 11) is 1.62. The molecule has 1 amide bonds. The predicted molar refractivity (Wildman–Crippen MR) is 77.2 cm³/mol. The molecule has 0 saturated carbocycles. The second kappa shape index (κ2) is 9.39. The molecule has 3 N–H and O–H groups in total. The number of carbonyl (C=O) groups is 1. The lowest BCUT2D eigenvalue weighted by molar-refractivity contribution is -0.120. The van der Waals surface area contributed by atoms with Gasteiger partial charge in [-0.3, -0.25) is 4.79 Å². The van der Waals surface area contributed by atoms with Crippen LogP contribution < -0.4 is 15.8 Å². The van der Waals surface area contributed by atoms with Crippen molar-refractivity contribution in [1.82, 2.24) is 5.32 Å². The Kier molecular flexibility index (Phi) is 7.66. The number of ether oxygens (including phenoxy) is 1. The number of para-hydroxylation sites is 1. The standard InChI is InChI=1S/C15H24N2O2/c1-19-14-9-5-4-8-13(14)12-15(18)17-11-7-3-2-6-10-16/h4-5,8-9H,2-3,6-7,10-12,16H2,1H3,(H,17,18). The van der Waals surface area contributed by atoms with Crippen molar-refractivity contribution < 1.29 is 9.53 Å². The highest BCUT2D eigenvalue weighted by Gasteiger charge is 2.07. The highest BCUT2D eigenvalue weighted by atomic mass is 16.5. The molecule has 0 saturated heterocycles. The average Bonchev–Trinajstić information content (AvgIpc) is 2.43. The molecule has 0 fully saturated rings. The molecule has 0 aliphatic rings. The number of hydrogen-bond acceptors (Lipinski definition) is 3. The Hall–Kier alpha value is -1.55. The van der Waals surface area contributed by atoms with Crippen molar-refractivity contribution in [2.75, 3.05) is 20.2 Å². The van der Waals surface area contributed by atoms with Crippen molar-refractivity contribution in [2.45, 2.75) is 32.1 Å². The zero-order chi connectivity index (χ0) is 13.9. The highest BCUT2D eigenvalue weighted by molar-refractivity contribution is 5.79. The molecule has 1 rings (SSSR count). The number of rotatable bonds is 9. The summed E-state index contributed by atoms with van der Waals surface area (Å²) in [6, 6.07) is 7.60. The molecule has 0 aromatic heterocycles. The molecule has 4 heteroatoms. The Bertz CT molecular complexity index is 380. The number of methoxy groups -OCH3 is 1. The first kappa shape index (κ1) is 15.5. The smallest absolute Gasteiger partial charge is 0.224 e. The molecule has 0 atom stereocenters. The Morgan fingerprint density at radius 3 is 2.68 bits per heavy atom. The van der Waals surface area contributed by atoms with E-state index in [2.05, 4.69) is 5.32 Å². The maximum absolute atomic E-state index is 11.8. The molecule has 0 radical (unpaired) electrons. The van der Waals surface area contributed by atoms with Crippen molar-refractivity contribution in [3.63, 3.8) is 0 Å². The Morgan fingerprint density at radius 2 is 1.95 bits per heavy atom. The van der Waals surface area contributed by atoms with Gasteiger partial charge in [0.05, 0.1) is 13.5 Å². The van der Waals surface area contributed by atoms with E-state index in [0.717, 1.165) is 50.1 Å². The third-order valence-electron chi connectivity index (χ3n) is 3.00. The summed E-state index contributed by atoms with van der Waals surface area (Å²) in [5.41, 5.74) is 6.35. The van der Waals surface area contributed by atoms with Crippen LogP contribution in [0.5, 0.6) is 5.75 Å². The maximum Gasteiger partial charge on any atom is 0.224 e. The van der Waals surface area contributed by atoms with Crippen LogP contribution >= 0.6 is 0 Å². The van der Waals surface area contributed by atoms with E-state index in [0.29, 0.717) is 6.42 Å². The van der Waals surface area contributed by atoms with E-state index in [9.17, 15) is 4.79 Å². The molecule has 0 heterocycles. The first-order chi connectivity index (χ1) is 9.27. The van der Waals surface area contributed by atoms with E-state index >= 15 is 0 Å². The lowest BCUT2D eigenvalue weighted by atomic mass is 10.1. The number of hydrogen-bond donors (Lipinski definition) is 2. The Morgan fingerprint density at radius 1 is 1.21 bits per heavy atom. The molecule has 19 heavy (non-hydrogen) atoms. The largest absolute Gasteiger partial charge is 0.496 e. The molecule has 0 aliphatic carbocycles. The molecular weight excluding hydrogens is 240 g/mol. The van der Waals surface area contributed by atoms with E-state index < -0.39 is 0 Å². The molecule has 106 valence electrons. The van der Waals surface area contributed by atoms with Gasteiger partial charge >= 0.3 is 0 Å². The Balaban J connectivity index is 2.23. The van der Waals surface area contributed by atoms with Gasteiger partial charge in [-0.25, -0.2) is 0 Å². The monoisotopic (exact) mass is 264 g/mol. The van der Waals surface area contributed by atoms with Crippen LogP contribution in [-0.4, -0.2) is 26.1 Å². The van der Waals surface area contributed by atoms with Gasteiger partial charge in [-0.1, -0.05) is 31.0 Å². The van der Waals surface area contributed by atoms with Crippen molar-refractivity contribution >= 4 is 5.91 Å². The maximum atomic E-state index is 11.8. The molecule has 1 aromatic rings. The molecule has 1 aromatic carbocycles. The Labute approximate surface area is 115 Å². The van der Waals surface area contributed by atoms with Gasteiger partial charge in [0.2, 0.25) is 5.91 Å². The lowest BCUT2D eigenvalue weighted by Gasteiger charge is -2.08. The minimum absolute atomic E-state index is 0.0447. The normalized spacial score (nSPS) is 10.2. The number of carbonyl (C=O) groups excluding carboxylic acids is 1. The lowest BCUT2D eigenvalue weighted by Crippen LogP contribution is -2.26. The van der Waals surface area contributed by atoms with Crippen LogP contribution in [0.4, 0.5) is 0 Å². The third kappa shape index (κ3) is 6.25. The molecule has 4 nitrogen and oxygen atoms in total. The van der Waals surface area contributed by atoms with E-state index in [1.165, 1.54) is 0 Å². The fraction of sp³-hybridized carbons (Fsp3) is 0.533. The van der Waals surface area contributed by atoms with Gasteiger partial charge in [0.1, 0.15) is 5.75 Å². The van der Waals surface area contributed by atoms with Crippen LogP contribution in [0.1, 0.15) is 31.2 Å². The summed E-state index contributed by atoms with van der Waals surface area (Å²) in [5, 5.41) is 2.93. The number of nitrogens with two attached hydrogens (primary N) is 1. The first-order valence-corrected chi connectivity index (χ1v) is 6.86. The summed E-state index contributed by atoms with van der Waals surface area (Å²) < 4.78 is 5.22. The quantitative estimate of drug-likeness (QED) is 0.669. The van der Waals surface area contributed by atoms with E-state index in [1.807, 2.05) is 24.3 Å². The number of nitrogens with one attached hydrogen (secondary N) is 1. The summed E-state index contributed by atoms with van der Waals surface area (Å²) in [6.07, 6.45) is 4.70. The van der Waals surface area contributed by atoms with Gasteiger partial charge in [-0.05, 0) is 25.5 Å². The van der Waals surface area contributed by atoms with Crippen LogP contribution in [0, 0.1) is 0 Å². The van der Waals surface area contributed by atoms with E-state index in [4.69, 9.17) is 10.5 Å². The zero-order valence-corrected chi connectivity index (χ0v) is 11.7. The van der Waals surface area contributed by atoms with E-state index in [-0.39, 0.29) is 5.91 Å². The van der Waals surface area contributed by atoms with Gasteiger partial charge in [0.25, 0.3) is 0 Å². The highest BCUT2D eigenvalue weighted by Crippen LogP contribution is 2.17. The minimum Gasteiger partial charge on any atom is -0.496 e.